The Morgan fingerprint density at radius 2 is 1.50 bits per heavy atom. The monoisotopic (exact) mass is 440 g/mol. The number of aromatic nitrogens is 2. The van der Waals surface area contributed by atoms with Crippen molar-refractivity contribution < 1.29 is 14.3 Å². The van der Waals surface area contributed by atoms with E-state index in [1.165, 1.54) is 44.1 Å². The third-order valence-electron chi connectivity index (χ3n) is 5.52. The first-order chi connectivity index (χ1) is 15.6. The van der Waals surface area contributed by atoms with Gasteiger partial charge in [-0.3, -0.25) is 4.79 Å². The van der Waals surface area contributed by atoms with Gasteiger partial charge in [-0.05, 0) is 56.0 Å². The first-order valence-electron chi connectivity index (χ1n) is 12.3. The molecular weight excluding hydrogens is 400 g/mol. The molecule has 1 unspecified atom stereocenters. The lowest BCUT2D eigenvalue weighted by Crippen LogP contribution is -2.22. The van der Waals surface area contributed by atoms with Crippen molar-refractivity contribution in [2.24, 2.45) is 5.92 Å². The molecule has 0 aliphatic rings. The van der Waals surface area contributed by atoms with Gasteiger partial charge >= 0.3 is 5.97 Å². The average molecular weight is 441 g/mol. The van der Waals surface area contributed by atoms with E-state index >= 15 is 0 Å². The molecule has 5 heteroatoms. The predicted molar refractivity (Wildman–Crippen MR) is 130 cm³/mol. The summed E-state index contributed by atoms with van der Waals surface area (Å²) < 4.78 is 11.1. The lowest BCUT2D eigenvalue weighted by molar-refractivity contribution is -0.140. The lowest BCUT2D eigenvalue weighted by Gasteiger charge is -2.12. The van der Waals surface area contributed by atoms with Crippen molar-refractivity contribution in [1.82, 2.24) is 9.97 Å². The average Bonchev–Trinajstić information content (AvgIpc) is 2.82. The summed E-state index contributed by atoms with van der Waals surface area (Å²) in [4.78, 5) is 21.3. The van der Waals surface area contributed by atoms with Crippen LogP contribution in [-0.2, 0) is 16.0 Å². The van der Waals surface area contributed by atoms with Gasteiger partial charge in [-0.15, -0.1) is 0 Å². The van der Waals surface area contributed by atoms with Crippen LogP contribution in [0.4, 0.5) is 0 Å². The minimum atomic E-state index is -0.293. The van der Waals surface area contributed by atoms with Crippen LogP contribution in [0.5, 0.6) is 5.75 Å². The fourth-order valence-corrected chi connectivity index (χ4v) is 3.41. The summed E-state index contributed by atoms with van der Waals surface area (Å²) >= 11 is 0. The highest BCUT2D eigenvalue weighted by molar-refractivity contribution is 5.75. The number of aryl methyl sites for hydroxylation is 1. The van der Waals surface area contributed by atoms with Crippen LogP contribution in [0.25, 0.3) is 11.4 Å². The Balaban J connectivity index is 1.76. The van der Waals surface area contributed by atoms with Gasteiger partial charge < -0.3 is 9.47 Å². The molecule has 1 aromatic carbocycles. The van der Waals surface area contributed by atoms with Gasteiger partial charge in [-0.1, -0.05) is 58.8 Å². The Hall–Kier alpha value is -2.27. The highest BCUT2D eigenvalue weighted by Crippen LogP contribution is 2.20. The normalized spacial score (nSPS) is 12.0. The number of hydrogen-bond donors (Lipinski definition) is 0. The van der Waals surface area contributed by atoms with Crippen LogP contribution in [0.2, 0.25) is 0 Å². The summed E-state index contributed by atoms with van der Waals surface area (Å²) in [6, 6.07) is 7.35. The highest BCUT2D eigenvalue weighted by Gasteiger charge is 2.16. The second-order valence-electron chi connectivity index (χ2n) is 8.56. The zero-order valence-electron chi connectivity index (χ0n) is 20.1. The van der Waals surface area contributed by atoms with E-state index in [1.54, 1.807) is 12.1 Å². The number of rotatable bonds is 16. The first kappa shape index (κ1) is 26.0. The van der Waals surface area contributed by atoms with E-state index < -0.39 is 0 Å². The molecule has 2 rings (SSSR count). The van der Waals surface area contributed by atoms with Crippen molar-refractivity contribution in [3.05, 3.63) is 42.2 Å². The van der Waals surface area contributed by atoms with E-state index in [2.05, 4.69) is 23.8 Å². The number of unbranched alkanes of at least 4 members (excludes halogenated alkanes) is 7. The largest absolute Gasteiger partial charge is 0.426 e. The van der Waals surface area contributed by atoms with Gasteiger partial charge in [0.1, 0.15) is 5.75 Å². The fourth-order valence-electron chi connectivity index (χ4n) is 3.41. The molecule has 1 atom stereocenters. The highest BCUT2D eigenvalue weighted by atomic mass is 16.5. The zero-order chi connectivity index (χ0) is 23.0. The topological polar surface area (TPSA) is 61.3 Å². The molecule has 0 aliphatic heterocycles. The summed E-state index contributed by atoms with van der Waals surface area (Å²) in [6.45, 7) is 7.31. The van der Waals surface area contributed by atoms with Crippen molar-refractivity contribution in [3.63, 3.8) is 0 Å². The van der Waals surface area contributed by atoms with Gasteiger partial charge in [-0.2, -0.15) is 0 Å². The standard InChI is InChI=1S/C27H40N2O3/c1-4-6-8-9-10-11-13-23-19-28-26(29-20-23)24-14-16-25(17-15-24)32-27(30)22(3)21-31-18-12-7-5-2/h14-17,19-20,22H,4-13,18,21H2,1-3H3. The molecule has 0 aliphatic carbocycles. The molecule has 0 radical (unpaired) electrons. The molecule has 0 N–H and O–H groups in total. The van der Waals surface area contributed by atoms with Crippen LogP contribution in [0.15, 0.2) is 36.7 Å². The van der Waals surface area contributed by atoms with Crippen molar-refractivity contribution in [2.45, 2.75) is 85.0 Å². The van der Waals surface area contributed by atoms with Gasteiger partial charge in [0.05, 0.1) is 12.5 Å². The molecule has 0 saturated carbocycles. The fraction of sp³-hybridized carbons (Fsp3) is 0.593. The molecule has 0 fully saturated rings. The summed E-state index contributed by atoms with van der Waals surface area (Å²) in [7, 11) is 0. The number of benzene rings is 1. The van der Waals surface area contributed by atoms with Gasteiger partial charge in [0.2, 0.25) is 0 Å². The third kappa shape index (κ3) is 9.90. The number of ether oxygens (including phenoxy) is 2. The van der Waals surface area contributed by atoms with E-state index in [-0.39, 0.29) is 11.9 Å². The van der Waals surface area contributed by atoms with Gasteiger partial charge in [0, 0.05) is 24.6 Å². The Bertz CT molecular complexity index is 759. The molecule has 5 nitrogen and oxygen atoms in total. The van der Waals surface area contributed by atoms with Crippen LogP contribution >= 0.6 is 0 Å². The second kappa shape index (κ2) is 15.5. The maximum absolute atomic E-state index is 12.3. The number of nitrogens with zero attached hydrogens (tertiary/aromatic N) is 2. The molecule has 176 valence electrons. The lowest BCUT2D eigenvalue weighted by atomic mass is 10.1. The predicted octanol–water partition coefficient (Wildman–Crippen LogP) is 6.79. The smallest absolute Gasteiger partial charge is 0.316 e. The van der Waals surface area contributed by atoms with Gasteiger partial charge in [0.25, 0.3) is 0 Å². The van der Waals surface area contributed by atoms with Crippen molar-refractivity contribution in [3.8, 4) is 17.1 Å². The van der Waals surface area contributed by atoms with Gasteiger partial charge in [-0.25, -0.2) is 9.97 Å². The zero-order valence-corrected chi connectivity index (χ0v) is 20.1. The molecular formula is C27H40N2O3. The summed E-state index contributed by atoms with van der Waals surface area (Å²) in [6.07, 6.45) is 15.9. The third-order valence-corrected chi connectivity index (χ3v) is 5.52. The van der Waals surface area contributed by atoms with E-state index in [0.717, 1.165) is 31.2 Å². The molecule has 2 aromatic rings. The van der Waals surface area contributed by atoms with E-state index in [4.69, 9.17) is 9.47 Å². The van der Waals surface area contributed by atoms with Crippen LogP contribution in [0, 0.1) is 5.92 Å². The Morgan fingerprint density at radius 3 is 2.19 bits per heavy atom. The van der Waals surface area contributed by atoms with Crippen molar-refractivity contribution in [2.75, 3.05) is 13.2 Å². The number of carbonyl (C=O) groups excluding carboxylic acids is 1. The number of esters is 1. The molecule has 1 aromatic heterocycles. The minimum absolute atomic E-state index is 0.275. The number of hydrogen-bond acceptors (Lipinski definition) is 5. The Labute approximate surface area is 194 Å². The SMILES string of the molecule is CCCCCCCCc1cnc(-c2ccc(OC(=O)C(C)COCCCCC)cc2)nc1. The maximum atomic E-state index is 12.3. The molecule has 0 spiro atoms. The summed E-state index contributed by atoms with van der Waals surface area (Å²) in [5.74, 6) is 0.641. The maximum Gasteiger partial charge on any atom is 0.316 e. The molecule has 0 amide bonds. The van der Waals surface area contributed by atoms with Crippen LogP contribution in [-0.4, -0.2) is 29.2 Å². The Morgan fingerprint density at radius 1 is 0.875 bits per heavy atom. The molecule has 0 saturated heterocycles. The van der Waals surface area contributed by atoms with Crippen molar-refractivity contribution >= 4 is 5.97 Å². The summed E-state index contributed by atoms with van der Waals surface area (Å²) in [5.41, 5.74) is 2.09. The second-order valence-corrected chi connectivity index (χ2v) is 8.56. The minimum Gasteiger partial charge on any atom is -0.426 e. The number of carbonyl (C=O) groups is 1. The van der Waals surface area contributed by atoms with E-state index in [0.29, 0.717) is 24.8 Å². The quantitative estimate of drug-likeness (QED) is 0.163. The van der Waals surface area contributed by atoms with E-state index in [9.17, 15) is 4.79 Å². The Kier molecular flexibility index (Phi) is 12.6. The van der Waals surface area contributed by atoms with Crippen molar-refractivity contribution in [1.29, 1.82) is 0 Å². The van der Waals surface area contributed by atoms with Crippen LogP contribution < -0.4 is 4.74 Å². The molecule has 0 bridgehead atoms. The van der Waals surface area contributed by atoms with E-state index in [1.807, 2.05) is 31.5 Å². The molecule has 1 heterocycles. The van der Waals surface area contributed by atoms with Gasteiger partial charge in [0.15, 0.2) is 5.82 Å². The molecule has 32 heavy (non-hydrogen) atoms. The summed E-state index contributed by atoms with van der Waals surface area (Å²) in [5, 5.41) is 0. The first-order valence-corrected chi connectivity index (χ1v) is 12.3. The van der Waals surface area contributed by atoms with Crippen LogP contribution in [0.1, 0.15) is 84.1 Å². The van der Waals surface area contributed by atoms with Crippen LogP contribution in [0.3, 0.4) is 0 Å².